The molecule has 106 valence electrons. The number of aliphatic carboxylic acids is 1. The van der Waals surface area contributed by atoms with Crippen molar-refractivity contribution in [1.82, 2.24) is 4.57 Å². The molecule has 0 N–H and O–H groups in total. The molecular formula is C15H24N2O2. The maximum absolute atomic E-state index is 10.4. The van der Waals surface area contributed by atoms with Gasteiger partial charge in [0.1, 0.15) is 6.20 Å². The first-order chi connectivity index (χ1) is 9.13. The van der Waals surface area contributed by atoms with Crippen LogP contribution in [0.2, 0.25) is 0 Å². The number of aromatic nitrogens is 2. The van der Waals surface area contributed by atoms with E-state index in [0.29, 0.717) is 0 Å². The predicted octanol–water partition coefficient (Wildman–Crippen LogP) is 1.44. The molecule has 0 saturated carbocycles. The molecule has 4 nitrogen and oxygen atoms in total. The van der Waals surface area contributed by atoms with E-state index in [1.54, 1.807) is 6.08 Å². The van der Waals surface area contributed by atoms with Crippen molar-refractivity contribution in [2.24, 2.45) is 7.05 Å². The third-order valence-corrected chi connectivity index (χ3v) is 3.19. The monoisotopic (exact) mass is 264 g/mol. The molecule has 19 heavy (non-hydrogen) atoms. The molecule has 0 aliphatic rings. The maximum Gasteiger partial charge on any atom is 0.244 e. The van der Waals surface area contributed by atoms with Crippen LogP contribution >= 0.6 is 0 Å². The number of hydrogen-bond donors (Lipinski definition) is 0. The number of aryl methyl sites for hydroxylation is 2. The van der Waals surface area contributed by atoms with E-state index in [2.05, 4.69) is 11.5 Å². The lowest BCUT2D eigenvalue weighted by atomic mass is 10.1. The molecule has 1 heterocycles. The van der Waals surface area contributed by atoms with E-state index in [0.717, 1.165) is 18.3 Å². The quantitative estimate of drug-likeness (QED) is 0.385. The second kappa shape index (κ2) is 8.51. The maximum atomic E-state index is 10.4. The minimum absolute atomic E-state index is 0.871. The minimum atomic E-state index is -1.16. The Balaban J connectivity index is 2.35. The van der Waals surface area contributed by atoms with Gasteiger partial charge in [-0.2, -0.15) is 0 Å². The second-order valence-corrected chi connectivity index (χ2v) is 4.94. The van der Waals surface area contributed by atoms with E-state index >= 15 is 0 Å². The molecule has 0 bridgehead atoms. The van der Waals surface area contributed by atoms with Crippen LogP contribution in [0.25, 0.3) is 6.08 Å². The van der Waals surface area contributed by atoms with Gasteiger partial charge in [0.2, 0.25) is 6.33 Å². The van der Waals surface area contributed by atoms with Gasteiger partial charge < -0.3 is 9.90 Å². The molecule has 1 aromatic rings. The van der Waals surface area contributed by atoms with Crippen LogP contribution in [0.4, 0.5) is 0 Å². The Bertz CT molecular complexity index is 422. The van der Waals surface area contributed by atoms with Gasteiger partial charge in [-0.05, 0) is 25.0 Å². The number of nitrogens with zero attached hydrogens (tertiary/aromatic N) is 2. The van der Waals surface area contributed by atoms with Crippen LogP contribution < -0.4 is 9.67 Å². The molecule has 4 heteroatoms. The zero-order valence-corrected chi connectivity index (χ0v) is 12.0. The third kappa shape index (κ3) is 6.22. The van der Waals surface area contributed by atoms with Crippen LogP contribution in [0.1, 0.15) is 51.1 Å². The summed E-state index contributed by atoms with van der Waals surface area (Å²) < 4.78 is 4.02. The van der Waals surface area contributed by atoms with Gasteiger partial charge >= 0.3 is 0 Å². The lowest BCUT2D eigenvalue weighted by Crippen LogP contribution is -2.30. The Labute approximate surface area is 115 Å². The fourth-order valence-corrected chi connectivity index (χ4v) is 2.09. The molecule has 0 aromatic carbocycles. The largest absolute Gasteiger partial charge is 0.545 e. The van der Waals surface area contributed by atoms with Crippen molar-refractivity contribution in [3.8, 4) is 0 Å². The first-order valence-electron chi connectivity index (χ1n) is 7.08. The molecule has 0 amide bonds. The van der Waals surface area contributed by atoms with Gasteiger partial charge in [-0.3, -0.25) is 0 Å². The fourth-order valence-electron chi connectivity index (χ4n) is 2.09. The Kier molecular flexibility index (Phi) is 6.93. The number of carboxylic acids is 1. The van der Waals surface area contributed by atoms with Crippen molar-refractivity contribution in [2.75, 3.05) is 0 Å². The lowest BCUT2D eigenvalue weighted by Gasteiger charge is -1.98. The highest BCUT2D eigenvalue weighted by Crippen LogP contribution is 2.05. The predicted molar refractivity (Wildman–Crippen MR) is 73.0 cm³/mol. The molecule has 0 aliphatic carbocycles. The minimum Gasteiger partial charge on any atom is -0.545 e. The number of carbonyl (C=O) groups is 1. The van der Waals surface area contributed by atoms with Crippen molar-refractivity contribution in [1.29, 1.82) is 0 Å². The molecule has 0 aliphatic heterocycles. The van der Waals surface area contributed by atoms with E-state index in [1.165, 1.54) is 38.5 Å². The highest BCUT2D eigenvalue weighted by atomic mass is 16.4. The van der Waals surface area contributed by atoms with Gasteiger partial charge in [-0.1, -0.05) is 32.6 Å². The number of unbranched alkanes of at least 4 members (excludes halogenated alkanes) is 5. The van der Waals surface area contributed by atoms with Crippen molar-refractivity contribution in [3.63, 3.8) is 0 Å². The molecule has 1 rings (SSSR count). The van der Waals surface area contributed by atoms with E-state index in [1.807, 2.05) is 24.1 Å². The molecule has 0 radical (unpaired) electrons. The normalized spacial score (nSPS) is 11.3. The summed E-state index contributed by atoms with van der Waals surface area (Å²) in [6.45, 7) is 3.21. The summed E-state index contributed by atoms with van der Waals surface area (Å²) in [6, 6.07) is 0. The van der Waals surface area contributed by atoms with Crippen LogP contribution in [-0.2, 0) is 18.4 Å². The van der Waals surface area contributed by atoms with Crippen LogP contribution in [0, 0.1) is 0 Å². The Morgan fingerprint density at radius 2 is 2.00 bits per heavy atom. The first kappa shape index (κ1) is 15.5. The van der Waals surface area contributed by atoms with Crippen LogP contribution in [-0.4, -0.2) is 10.5 Å². The van der Waals surface area contributed by atoms with Crippen molar-refractivity contribution < 1.29 is 14.5 Å². The van der Waals surface area contributed by atoms with Gasteiger partial charge in [-0.15, -0.1) is 0 Å². The molecule has 0 saturated heterocycles. The molecule has 1 aromatic heterocycles. The highest BCUT2D eigenvalue weighted by molar-refractivity contribution is 5.83. The number of carboxylic acid groups (broad SMARTS) is 1. The topological polar surface area (TPSA) is 48.9 Å². The summed E-state index contributed by atoms with van der Waals surface area (Å²) in [5.74, 6) is -1.16. The van der Waals surface area contributed by atoms with Gasteiger partial charge in [0.05, 0.1) is 19.6 Å². The van der Waals surface area contributed by atoms with E-state index in [4.69, 9.17) is 0 Å². The average molecular weight is 264 g/mol. The fraction of sp³-hybridized carbons (Fsp3) is 0.600. The number of imidazole rings is 1. The molecular weight excluding hydrogens is 240 g/mol. The Hall–Kier alpha value is -1.58. The summed E-state index contributed by atoms with van der Waals surface area (Å²) >= 11 is 0. The molecule has 0 unspecified atom stereocenters. The number of hydrogen-bond acceptors (Lipinski definition) is 2. The second-order valence-electron chi connectivity index (χ2n) is 4.94. The average Bonchev–Trinajstić information content (AvgIpc) is 2.72. The molecule has 0 atom stereocenters. The van der Waals surface area contributed by atoms with E-state index < -0.39 is 5.97 Å². The van der Waals surface area contributed by atoms with Crippen LogP contribution in [0.15, 0.2) is 18.6 Å². The smallest absolute Gasteiger partial charge is 0.244 e. The first-order valence-corrected chi connectivity index (χ1v) is 7.08. The third-order valence-electron chi connectivity index (χ3n) is 3.19. The standard InChI is InChI=1S/C15H24N2O2/c1-3-4-5-6-7-8-11-17-12-14(16(2)13-17)9-10-15(18)19/h9-10,12-13H,3-8,11H2,1-2H3/b10-9-. The van der Waals surface area contributed by atoms with Crippen molar-refractivity contribution >= 4 is 12.0 Å². The summed E-state index contributed by atoms with van der Waals surface area (Å²) in [5, 5.41) is 10.4. The van der Waals surface area contributed by atoms with Gasteiger partial charge in [-0.25, -0.2) is 9.13 Å². The lowest BCUT2D eigenvalue weighted by molar-refractivity contribution is -0.696. The number of rotatable bonds is 9. The Morgan fingerprint density at radius 1 is 1.32 bits per heavy atom. The van der Waals surface area contributed by atoms with Crippen molar-refractivity contribution in [3.05, 3.63) is 24.3 Å². The SMILES string of the molecule is CCCCCCCC[n+]1cc(/C=C\C(=O)[O-])n(C)c1. The highest BCUT2D eigenvalue weighted by Gasteiger charge is 2.06. The van der Waals surface area contributed by atoms with Crippen molar-refractivity contribution in [2.45, 2.75) is 52.0 Å². The van der Waals surface area contributed by atoms with Gasteiger partial charge in [0, 0.05) is 0 Å². The zero-order valence-electron chi connectivity index (χ0n) is 12.0. The van der Waals surface area contributed by atoms with E-state index in [9.17, 15) is 9.90 Å². The zero-order chi connectivity index (χ0) is 14.1. The Morgan fingerprint density at radius 3 is 2.68 bits per heavy atom. The summed E-state index contributed by atoms with van der Waals surface area (Å²) in [7, 11) is 1.91. The molecule has 0 fully saturated rings. The summed E-state index contributed by atoms with van der Waals surface area (Å²) in [5.41, 5.74) is 0.871. The summed E-state index contributed by atoms with van der Waals surface area (Å²) in [6.07, 6.45) is 14.2. The number of carbonyl (C=O) groups excluding carboxylic acids is 1. The van der Waals surface area contributed by atoms with Crippen LogP contribution in [0.5, 0.6) is 0 Å². The van der Waals surface area contributed by atoms with Gasteiger partial charge in [0.15, 0.2) is 5.69 Å². The van der Waals surface area contributed by atoms with Gasteiger partial charge in [0.25, 0.3) is 0 Å². The summed E-state index contributed by atoms with van der Waals surface area (Å²) in [4.78, 5) is 10.4. The van der Waals surface area contributed by atoms with E-state index in [-0.39, 0.29) is 0 Å². The van der Waals surface area contributed by atoms with Crippen LogP contribution in [0.3, 0.4) is 0 Å². The molecule has 0 spiro atoms.